The molecule has 1 heterocycles. The van der Waals surface area contributed by atoms with Crippen LogP contribution in [0.25, 0.3) is 11.4 Å². The highest BCUT2D eigenvalue weighted by molar-refractivity contribution is 5.66. The van der Waals surface area contributed by atoms with Crippen molar-refractivity contribution in [3.05, 3.63) is 18.0 Å². The zero-order chi connectivity index (χ0) is 16.8. The molecule has 126 valence electrons. The van der Waals surface area contributed by atoms with E-state index in [-0.39, 0.29) is 0 Å². The van der Waals surface area contributed by atoms with Crippen LogP contribution in [0.3, 0.4) is 0 Å². The van der Waals surface area contributed by atoms with Gasteiger partial charge in [0.2, 0.25) is 17.5 Å². The van der Waals surface area contributed by atoms with E-state index in [9.17, 15) is 0 Å². The van der Waals surface area contributed by atoms with E-state index in [0.29, 0.717) is 35.5 Å². The predicted octanol–water partition coefficient (Wildman–Crippen LogP) is 2.60. The molecule has 0 radical (unpaired) electrons. The van der Waals surface area contributed by atoms with Crippen LogP contribution in [0.4, 0.5) is 0 Å². The summed E-state index contributed by atoms with van der Waals surface area (Å²) < 4.78 is 21.4. The maximum atomic E-state index is 5.35. The SMILES string of the molecule is CCN(CC)Cc1nc(-c2cc(OC)c(OC)c(OC)c2)no1. The van der Waals surface area contributed by atoms with Crippen LogP contribution in [0.15, 0.2) is 16.7 Å². The van der Waals surface area contributed by atoms with Gasteiger partial charge >= 0.3 is 0 Å². The van der Waals surface area contributed by atoms with Crippen molar-refractivity contribution in [1.82, 2.24) is 15.0 Å². The summed E-state index contributed by atoms with van der Waals surface area (Å²) in [5.74, 6) is 2.71. The fraction of sp³-hybridized carbons (Fsp3) is 0.500. The summed E-state index contributed by atoms with van der Waals surface area (Å²) in [7, 11) is 4.71. The number of rotatable bonds is 8. The van der Waals surface area contributed by atoms with Gasteiger partial charge in [0, 0.05) is 5.56 Å². The first kappa shape index (κ1) is 17.1. The van der Waals surface area contributed by atoms with Crippen molar-refractivity contribution in [2.45, 2.75) is 20.4 Å². The van der Waals surface area contributed by atoms with Gasteiger partial charge in [0.15, 0.2) is 11.5 Å². The Morgan fingerprint density at radius 3 is 2.09 bits per heavy atom. The number of methoxy groups -OCH3 is 3. The molecule has 0 fully saturated rings. The van der Waals surface area contributed by atoms with Gasteiger partial charge in [-0.2, -0.15) is 4.98 Å². The van der Waals surface area contributed by atoms with Crippen LogP contribution in [0.1, 0.15) is 19.7 Å². The Bertz CT molecular complexity index is 613. The first-order chi connectivity index (χ1) is 11.2. The second-order valence-corrected chi connectivity index (χ2v) is 4.89. The molecule has 1 aromatic heterocycles. The van der Waals surface area contributed by atoms with E-state index in [1.807, 2.05) is 0 Å². The van der Waals surface area contributed by atoms with Gasteiger partial charge in [-0.1, -0.05) is 19.0 Å². The van der Waals surface area contributed by atoms with E-state index in [0.717, 1.165) is 18.7 Å². The number of hydrogen-bond donors (Lipinski definition) is 0. The summed E-state index contributed by atoms with van der Waals surface area (Å²) in [5, 5.41) is 4.05. The monoisotopic (exact) mass is 321 g/mol. The molecule has 0 saturated carbocycles. The van der Waals surface area contributed by atoms with Crippen LogP contribution in [0.5, 0.6) is 17.2 Å². The number of benzene rings is 1. The van der Waals surface area contributed by atoms with Crippen LogP contribution >= 0.6 is 0 Å². The average molecular weight is 321 g/mol. The normalized spacial score (nSPS) is 10.9. The standard InChI is InChI=1S/C16H23N3O4/c1-6-19(7-2)10-14-17-16(18-23-14)11-8-12(20-3)15(22-5)13(9-11)21-4/h8-9H,6-7,10H2,1-5H3. The van der Waals surface area contributed by atoms with Gasteiger partial charge in [0.25, 0.3) is 0 Å². The predicted molar refractivity (Wildman–Crippen MR) is 86.0 cm³/mol. The third kappa shape index (κ3) is 3.73. The van der Waals surface area contributed by atoms with E-state index in [4.69, 9.17) is 18.7 Å². The van der Waals surface area contributed by atoms with Crippen molar-refractivity contribution >= 4 is 0 Å². The van der Waals surface area contributed by atoms with Crippen LogP contribution in [0.2, 0.25) is 0 Å². The lowest BCUT2D eigenvalue weighted by Crippen LogP contribution is -2.22. The van der Waals surface area contributed by atoms with Crippen LogP contribution in [-0.4, -0.2) is 49.5 Å². The van der Waals surface area contributed by atoms with Gasteiger partial charge in [-0.05, 0) is 25.2 Å². The molecule has 0 saturated heterocycles. The summed E-state index contributed by atoms with van der Waals surface area (Å²) in [6.07, 6.45) is 0. The fourth-order valence-electron chi connectivity index (χ4n) is 2.29. The van der Waals surface area contributed by atoms with Crippen molar-refractivity contribution in [2.24, 2.45) is 0 Å². The molecule has 2 aromatic rings. The Morgan fingerprint density at radius 1 is 1.00 bits per heavy atom. The van der Waals surface area contributed by atoms with E-state index >= 15 is 0 Å². The quantitative estimate of drug-likeness (QED) is 0.740. The van der Waals surface area contributed by atoms with E-state index < -0.39 is 0 Å². The molecule has 0 amide bonds. The van der Waals surface area contributed by atoms with Gasteiger partial charge in [0.1, 0.15) is 0 Å². The Labute approximate surface area is 136 Å². The number of hydrogen-bond acceptors (Lipinski definition) is 7. The lowest BCUT2D eigenvalue weighted by Gasteiger charge is -2.14. The third-order valence-corrected chi connectivity index (χ3v) is 3.64. The lowest BCUT2D eigenvalue weighted by molar-refractivity contribution is 0.246. The summed E-state index contributed by atoms with van der Waals surface area (Å²) in [6, 6.07) is 3.60. The smallest absolute Gasteiger partial charge is 0.241 e. The molecule has 2 rings (SSSR count). The van der Waals surface area contributed by atoms with Crippen molar-refractivity contribution in [3.63, 3.8) is 0 Å². The van der Waals surface area contributed by atoms with E-state index in [1.165, 1.54) is 0 Å². The summed E-state index contributed by atoms with van der Waals surface area (Å²) in [6.45, 7) is 6.68. The highest BCUT2D eigenvalue weighted by Crippen LogP contribution is 2.40. The number of nitrogens with zero attached hydrogens (tertiary/aromatic N) is 3. The van der Waals surface area contributed by atoms with Crippen molar-refractivity contribution in [1.29, 1.82) is 0 Å². The lowest BCUT2D eigenvalue weighted by atomic mass is 10.1. The Hall–Kier alpha value is -2.28. The molecule has 0 bridgehead atoms. The van der Waals surface area contributed by atoms with Crippen LogP contribution in [-0.2, 0) is 6.54 Å². The zero-order valence-corrected chi connectivity index (χ0v) is 14.3. The highest BCUT2D eigenvalue weighted by atomic mass is 16.5. The fourth-order valence-corrected chi connectivity index (χ4v) is 2.29. The molecule has 0 spiro atoms. The Balaban J connectivity index is 2.33. The third-order valence-electron chi connectivity index (χ3n) is 3.64. The Kier molecular flexibility index (Phi) is 5.81. The topological polar surface area (TPSA) is 69.9 Å². The first-order valence-corrected chi connectivity index (χ1v) is 7.52. The maximum absolute atomic E-state index is 5.35. The molecule has 7 nitrogen and oxygen atoms in total. The largest absolute Gasteiger partial charge is 0.493 e. The molecule has 0 N–H and O–H groups in total. The molecule has 0 aliphatic rings. The molecule has 23 heavy (non-hydrogen) atoms. The average Bonchev–Trinajstić information content (AvgIpc) is 3.06. The minimum absolute atomic E-state index is 0.492. The molecule has 7 heteroatoms. The van der Waals surface area contributed by atoms with E-state index in [2.05, 4.69) is 28.9 Å². The summed E-state index contributed by atoms with van der Waals surface area (Å²) >= 11 is 0. The Morgan fingerprint density at radius 2 is 1.61 bits per heavy atom. The molecular weight excluding hydrogens is 298 g/mol. The van der Waals surface area contributed by atoms with Gasteiger partial charge in [0.05, 0.1) is 27.9 Å². The number of aromatic nitrogens is 2. The van der Waals surface area contributed by atoms with Gasteiger partial charge in [-0.15, -0.1) is 0 Å². The number of ether oxygens (including phenoxy) is 3. The van der Waals surface area contributed by atoms with Crippen molar-refractivity contribution in [2.75, 3.05) is 34.4 Å². The van der Waals surface area contributed by atoms with Gasteiger partial charge < -0.3 is 18.7 Å². The van der Waals surface area contributed by atoms with Gasteiger partial charge in [-0.25, -0.2) is 0 Å². The minimum Gasteiger partial charge on any atom is -0.493 e. The second-order valence-electron chi connectivity index (χ2n) is 4.89. The maximum Gasteiger partial charge on any atom is 0.241 e. The highest BCUT2D eigenvalue weighted by Gasteiger charge is 2.17. The summed E-state index contributed by atoms with van der Waals surface area (Å²) in [5.41, 5.74) is 0.744. The first-order valence-electron chi connectivity index (χ1n) is 7.52. The van der Waals surface area contributed by atoms with Crippen molar-refractivity contribution in [3.8, 4) is 28.6 Å². The zero-order valence-electron chi connectivity index (χ0n) is 14.3. The minimum atomic E-state index is 0.492. The molecule has 1 aromatic carbocycles. The molecule has 0 unspecified atom stereocenters. The molecular formula is C16H23N3O4. The molecule has 0 aliphatic carbocycles. The van der Waals surface area contributed by atoms with Crippen LogP contribution < -0.4 is 14.2 Å². The van der Waals surface area contributed by atoms with Crippen LogP contribution in [0, 0.1) is 0 Å². The molecule has 0 atom stereocenters. The van der Waals surface area contributed by atoms with Crippen molar-refractivity contribution < 1.29 is 18.7 Å². The van der Waals surface area contributed by atoms with Gasteiger partial charge in [-0.3, -0.25) is 4.90 Å². The van der Waals surface area contributed by atoms with E-state index in [1.54, 1.807) is 33.5 Å². The molecule has 0 aliphatic heterocycles. The second kappa shape index (κ2) is 7.82. The summed E-state index contributed by atoms with van der Waals surface area (Å²) in [4.78, 5) is 6.65.